The van der Waals surface area contributed by atoms with Gasteiger partial charge in [-0.05, 0) is 32.0 Å². The SMILES string of the molecule is CCCNCc1sc(-c2cccc(C(F)(F)F)c2)nc1C. The summed E-state index contributed by atoms with van der Waals surface area (Å²) in [6.45, 7) is 5.59. The van der Waals surface area contributed by atoms with Gasteiger partial charge in [0.2, 0.25) is 0 Å². The van der Waals surface area contributed by atoms with Crippen molar-refractivity contribution in [2.45, 2.75) is 33.0 Å². The molecular weight excluding hydrogens is 297 g/mol. The van der Waals surface area contributed by atoms with Crippen LogP contribution in [0.1, 0.15) is 29.5 Å². The van der Waals surface area contributed by atoms with E-state index in [0.717, 1.165) is 35.7 Å². The normalized spacial score (nSPS) is 11.9. The molecule has 0 fully saturated rings. The lowest BCUT2D eigenvalue weighted by Crippen LogP contribution is -2.13. The Morgan fingerprint density at radius 2 is 2.05 bits per heavy atom. The number of thiazole rings is 1. The minimum Gasteiger partial charge on any atom is -0.312 e. The molecule has 2 aromatic rings. The average molecular weight is 314 g/mol. The summed E-state index contributed by atoms with van der Waals surface area (Å²) in [7, 11) is 0. The average Bonchev–Trinajstić information content (AvgIpc) is 2.80. The fourth-order valence-corrected chi connectivity index (χ4v) is 2.95. The molecule has 0 spiro atoms. The van der Waals surface area contributed by atoms with Gasteiger partial charge in [0.25, 0.3) is 0 Å². The minimum absolute atomic E-state index is 0.514. The molecule has 0 bridgehead atoms. The van der Waals surface area contributed by atoms with Gasteiger partial charge >= 0.3 is 6.18 Å². The quantitative estimate of drug-likeness (QED) is 0.813. The van der Waals surface area contributed by atoms with E-state index < -0.39 is 11.7 Å². The lowest BCUT2D eigenvalue weighted by atomic mass is 10.1. The molecule has 0 unspecified atom stereocenters. The van der Waals surface area contributed by atoms with Crippen molar-refractivity contribution in [3.05, 3.63) is 40.4 Å². The first kappa shape index (κ1) is 16.0. The van der Waals surface area contributed by atoms with Gasteiger partial charge in [-0.25, -0.2) is 4.98 Å². The third-order valence-electron chi connectivity index (χ3n) is 3.04. The van der Waals surface area contributed by atoms with Crippen molar-refractivity contribution in [3.63, 3.8) is 0 Å². The third-order valence-corrected chi connectivity index (χ3v) is 4.25. The Hall–Kier alpha value is -1.40. The van der Waals surface area contributed by atoms with E-state index in [1.165, 1.54) is 17.4 Å². The molecule has 1 aromatic heterocycles. The number of nitrogens with one attached hydrogen (secondary N) is 1. The first-order valence-corrected chi connectivity index (χ1v) is 7.58. The highest BCUT2D eigenvalue weighted by Crippen LogP contribution is 2.34. The lowest BCUT2D eigenvalue weighted by molar-refractivity contribution is -0.137. The molecule has 0 saturated carbocycles. The van der Waals surface area contributed by atoms with Crippen LogP contribution >= 0.6 is 11.3 Å². The van der Waals surface area contributed by atoms with Crippen LogP contribution in [-0.4, -0.2) is 11.5 Å². The molecule has 1 heterocycles. The van der Waals surface area contributed by atoms with E-state index in [-0.39, 0.29) is 0 Å². The van der Waals surface area contributed by atoms with Gasteiger partial charge in [0, 0.05) is 17.0 Å². The molecule has 21 heavy (non-hydrogen) atoms. The topological polar surface area (TPSA) is 24.9 Å². The van der Waals surface area contributed by atoms with Gasteiger partial charge in [-0.1, -0.05) is 19.1 Å². The fraction of sp³-hybridized carbons (Fsp3) is 0.400. The number of rotatable bonds is 5. The molecule has 0 amide bonds. The molecule has 1 N–H and O–H groups in total. The number of alkyl halides is 3. The number of aromatic nitrogens is 1. The van der Waals surface area contributed by atoms with Gasteiger partial charge in [0.15, 0.2) is 0 Å². The first-order valence-electron chi connectivity index (χ1n) is 6.76. The van der Waals surface area contributed by atoms with Gasteiger partial charge in [-0.15, -0.1) is 11.3 Å². The number of nitrogens with zero attached hydrogens (tertiary/aromatic N) is 1. The number of aryl methyl sites for hydroxylation is 1. The van der Waals surface area contributed by atoms with Crippen LogP contribution < -0.4 is 5.32 Å². The van der Waals surface area contributed by atoms with Crippen LogP contribution in [-0.2, 0) is 12.7 Å². The Kier molecular flexibility index (Phi) is 5.00. The second-order valence-electron chi connectivity index (χ2n) is 4.78. The van der Waals surface area contributed by atoms with E-state index in [0.29, 0.717) is 17.1 Å². The van der Waals surface area contributed by atoms with Gasteiger partial charge in [-0.2, -0.15) is 13.2 Å². The molecule has 0 aliphatic rings. The van der Waals surface area contributed by atoms with Crippen LogP contribution in [0.3, 0.4) is 0 Å². The molecule has 0 aliphatic carbocycles. The van der Waals surface area contributed by atoms with Crippen molar-refractivity contribution in [2.24, 2.45) is 0 Å². The largest absolute Gasteiger partial charge is 0.416 e. The summed E-state index contributed by atoms with van der Waals surface area (Å²) in [6, 6.07) is 5.32. The maximum atomic E-state index is 12.7. The van der Waals surface area contributed by atoms with Crippen LogP contribution in [0.25, 0.3) is 10.6 Å². The van der Waals surface area contributed by atoms with Crippen LogP contribution in [0.15, 0.2) is 24.3 Å². The summed E-state index contributed by atoms with van der Waals surface area (Å²) in [4.78, 5) is 5.46. The molecule has 0 aliphatic heterocycles. The molecule has 2 nitrogen and oxygen atoms in total. The highest BCUT2D eigenvalue weighted by Gasteiger charge is 2.30. The molecule has 6 heteroatoms. The fourth-order valence-electron chi connectivity index (χ4n) is 1.92. The van der Waals surface area contributed by atoms with Crippen molar-refractivity contribution in [1.29, 1.82) is 0 Å². The Morgan fingerprint density at radius 3 is 2.71 bits per heavy atom. The summed E-state index contributed by atoms with van der Waals surface area (Å²) >= 11 is 1.44. The zero-order valence-electron chi connectivity index (χ0n) is 11.9. The second kappa shape index (κ2) is 6.58. The van der Waals surface area contributed by atoms with Gasteiger partial charge in [0.1, 0.15) is 5.01 Å². The molecule has 1 aromatic carbocycles. The van der Waals surface area contributed by atoms with Crippen LogP contribution in [0.4, 0.5) is 13.2 Å². The molecular formula is C15H17F3N2S. The zero-order valence-corrected chi connectivity index (χ0v) is 12.7. The number of hydrogen-bond donors (Lipinski definition) is 1. The minimum atomic E-state index is -4.33. The maximum Gasteiger partial charge on any atom is 0.416 e. The van der Waals surface area contributed by atoms with Gasteiger partial charge in [-0.3, -0.25) is 0 Å². The lowest BCUT2D eigenvalue weighted by Gasteiger charge is -2.07. The number of hydrogen-bond acceptors (Lipinski definition) is 3. The zero-order chi connectivity index (χ0) is 15.5. The summed E-state index contributed by atoms with van der Waals surface area (Å²) in [5.41, 5.74) is 0.745. The summed E-state index contributed by atoms with van der Waals surface area (Å²) in [5, 5.41) is 3.91. The molecule has 2 rings (SSSR count). The summed E-state index contributed by atoms with van der Waals surface area (Å²) < 4.78 is 38.2. The van der Waals surface area contributed by atoms with Crippen molar-refractivity contribution in [3.8, 4) is 10.6 Å². The van der Waals surface area contributed by atoms with Gasteiger partial charge in [0.05, 0.1) is 11.3 Å². The van der Waals surface area contributed by atoms with E-state index in [9.17, 15) is 13.2 Å². The predicted molar refractivity (Wildman–Crippen MR) is 79.3 cm³/mol. The van der Waals surface area contributed by atoms with Crippen LogP contribution in [0.5, 0.6) is 0 Å². The van der Waals surface area contributed by atoms with Crippen LogP contribution in [0, 0.1) is 6.92 Å². The molecule has 0 atom stereocenters. The van der Waals surface area contributed by atoms with Gasteiger partial charge < -0.3 is 5.32 Å². The monoisotopic (exact) mass is 314 g/mol. The van der Waals surface area contributed by atoms with Crippen LogP contribution in [0.2, 0.25) is 0 Å². The highest BCUT2D eigenvalue weighted by atomic mass is 32.1. The Labute approximate surface area is 126 Å². The number of benzene rings is 1. The molecule has 0 saturated heterocycles. The summed E-state index contributed by atoms with van der Waals surface area (Å²) in [6.07, 6.45) is -3.29. The van der Waals surface area contributed by atoms with E-state index in [4.69, 9.17) is 0 Å². The predicted octanol–water partition coefficient (Wildman–Crippen LogP) is 4.64. The second-order valence-corrected chi connectivity index (χ2v) is 5.87. The summed E-state index contributed by atoms with van der Waals surface area (Å²) in [5.74, 6) is 0. The molecule has 114 valence electrons. The van der Waals surface area contributed by atoms with E-state index >= 15 is 0 Å². The Morgan fingerprint density at radius 1 is 1.29 bits per heavy atom. The highest BCUT2D eigenvalue weighted by molar-refractivity contribution is 7.15. The Balaban J connectivity index is 2.24. The maximum absolute atomic E-state index is 12.7. The van der Waals surface area contributed by atoms with Crippen molar-refractivity contribution < 1.29 is 13.2 Å². The standard InChI is InChI=1S/C15H17F3N2S/c1-3-7-19-9-13-10(2)20-14(21-13)11-5-4-6-12(8-11)15(16,17)18/h4-6,8,19H,3,7,9H2,1-2H3. The number of halogens is 3. The van der Waals surface area contributed by atoms with E-state index in [1.807, 2.05) is 6.92 Å². The smallest absolute Gasteiger partial charge is 0.312 e. The van der Waals surface area contributed by atoms with Crippen molar-refractivity contribution in [2.75, 3.05) is 6.54 Å². The van der Waals surface area contributed by atoms with Crippen molar-refractivity contribution >= 4 is 11.3 Å². The third kappa shape index (κ3) is 4.04. The Bertz CT molecular complexity index is 605. The first-order chi connectivity index (χ1) is 9.91. The van der Waals surface area contributed by atoms with Crippen molar-refractivity contribution in [1.82, 2.24) is 10.3 Å². The molecule has 0 radical (unpaired) electrons. The van der Waals surface area contributed by atoms with E-state index in [1.54, 1.807) is 6.07 Å². The van der Waals surface area contributed by atoms with E-state index in [2.05, 4.69) is 17.2 Å².